The van der Waals surface area contributed by atoms with Crippen LogP contribution in [0.1, 0.15) is 34.6 Å². The molecule has 2 rings (SSSR count). The van der Waals surface area contributed by atoms with Crippen LogP contribution in [-0.2, 0) is 14.2 Å². The molecule has 164 valence electrons. The van der Waals surface area contributed by atoms with Gasteiger partial charge in [0.05, 0.1) is 44.6 Å². The lowest BCUT2D eigenvalue weighted by Gasteiger charge is -2.39. The number of carbonyl (C=O) groups excluding carboxylic acids is 2. The Morgan fingerprint density at radius 2 is 1.72 bits per heavy atom. The average molecular weight is 410 g/mol. The molecule has 0 aromatic rings. The number of morpholine rings is 2. The summed E-state index contributed by atoms with van der Waals surface area (Å²) in [5.41, 5.74) is 0.715. The van der Waals surface area contributed by atoms with Gasteiger partial charge in [-0.1, -0.05) is 13.2 Å². The van der Waals surface area contributed by atoms with Crippen LogP contribution in [0.2, 0.25) is 0 Å². The van der Waals surface area contributed by atoms with E-state index in [1.165, 1.54) is 0 Å². The van der Waals surface area contributed by atoms with E-state index in [0.29, 0.717) is 44.1 Å². The molecule has 2 aliphatic heterocycles. The first kappa shape index (κ1) is 23.2. The number of carbonyl (C=O) groups is 2. The Hall–Kier alpha value is -2.06. The third kappa shape index (κ3) is 6.21. The maximum atomic E-state index is 12.6. The standard InChI is InChI=1S/C21H35N3O5/c1-14(10-22-19(25)24-15(2)11-28-12-16(24)3)17(4)18-13-27-9-8-23(18)20(26)29-21(5,6)7/h15-16,18H,1,4,8-13H2,2-3,5-7H3,(H,22,25)/t15?,16?,18-/m0/s1. The highest BCUT2D eigenvalue weighted by Gasteiger charge is 2.34. The maximum absolute atomic E-state index is 12.6. The van der Waals surface area contributed by atoms with Crippen molar-refractivity contribution in [1.82, 2.24) is 15.1 Å². The second-order valence-electron chi connectivity index (χ2n) is 8.69. The first-order valence-corrected chi connectivity index (χ1v) is 10.1. The summed E-state index contributed by atoms with van der Waals surface area (Å²) in [6.45, 7) is 20.1. The molecule has 8 heteroatoms. The molecular weight excluding hydrogens is 374 g/mol. The molecule has 0 radical (unpaired) electrons. The number of urea groups is 1. The van der Waals surface area contributed by atoms with Crippen LogP contribution in [0.3, 0.4) is 0 Å². The fraction of sp³-hybridized carbons (Fsp3) is 0.714. The molecule has 2 saturated heterocycles. The van der Waals surface area contributed by atoms with Gasteiger partial charge >= 0.3 is 12.1 Å². The minimum Gasteiger partial charge on any atom is -0.444 e. The molecule has 0 aliphatic carbocycles. The number of amides is 3. The molecule has 3 amide bonds. The van der Waals surface area contributed by atoms with Gasteiger partial charge in [0.1, 0.15) is 5.60 Å². The van der Waals surface area contributed by atoms with Gasteiger partial charge < -0.3 is 24.4 Å². The van der Waals surface area contributed by atoms with E-state index in [1.807, 2.05) is 34.6 Å². The van der Waals surface area contributed by atoms with Crippen LogP contribution in [0.4, 0.5) is 9.59 Å². The average Bonchev–Trinajstić information content (AvgIpc) is 2.64. The van der Waals surface area contributed by atoms with Crippen molar-refractivity contribution in [3.05, 3.63) is 24.3 Å². The van der Waals surface area contributed by atoms with Crippen LogP contribution in [-0.4, -0.2) is 85.2 Å². The molecule has 8 nitrogen and oxygen atoms in total. The van der Waals surface area contributed by atoms with E-state index in [1.54, 1.807) is 9.80 Å². The molecule has 2 unspecified atom stereocenters. The number of hydrogen-bond acceptors (Lipinski definition) is 5. The topological polar surface area (TPSA) is 80.3 Å². The second kappa shape index (κ2) is 9.63. The summed E-state index contributed by atoms with van der Waals surface area (Å²) in [6.07, 6.45) is -0.403. The van der Waals surface area contributed by atoms with Gasteiger partial charge in [-0.05, 0) is 45.8 Å². The predicted molar refractivity (Wildman–Crippen MR) is 111 cm³/mol. The Balaban J connectivity index is 1.96. The van der Waals surface area contributed by atoms with Gasteiger partial charge in [0.2, 0.25) is 0 Å². The van der Waals surface area contributed by atoms with E-state index in [2.05, 4.69) is 18.5 Å². The summed E-state index contributed by atoms with van der Waals surface area (Å²) >= 11 is 0. The highest BCUT2D eigenvalue weighted by Crippen LogP contribution is 2.22. The fourth-order valence-corrected chi connectivity index (χ4v) is 3.46. The summed E-state index contributed by atoms with van der Waals surface area (Å²) in [7, 11) is 0. The van der Waals surface area contributed by atoms with Gasteiger partial charge in [0, 0.05) is 13.1 Å². The van der Waals surface area contributed by atoms with Crippen LogP contribution in [0.15, 0.2) is 24.3 Å². The van der Waals surface area contributed by atoms with Crippen molar-refractivity contribution in [2.45, 2.75) is 58.3 Å². The molecule has 0 aromatic carbocycles. The van der Waals surface area contributed by atoms with Gasteiger partial charge in [-0.15, -0.1) is 0 Å². The summed E-state index contributed by atoms with van der Waals surface area (Å²) in [5, 5.41) is 2.91. The van der Waals surface area contributed by atoms with E-state index in [9.17, 15) is 9.59 Å². The van der Waals surface area contributed by atoms with Crippen molar-refractivity contribution in [2.75, 3.05) is 39.5 Å². The van der Waals surface area contributed by atoms with Crippen molar-refractivity contribution in [2.24, 2.45) is 0 Å². The normalized spacial score (nSPS) is 25.3. The molecule has 0 aromatic heterocycles. The van der Waals surface area contributed by atoms with Crippen LogP contribution >= 0.6 is 0 Å². The van der Waals surface area contributed by atoms with Crippen LogP contribution < -0.4 is 5.32 Å². The molecule has 2 heterocycles. The van der Waals surface area contributed by atoms with Gasteiger partial charge in [0.15, 0.2) is 0 Å². The minimum atomic E-state index is -0.586. The van der Waals surface area contributed by atoms with Crippen molar-refractivity contribution in [3.8, 4) is 0 Å². The minimum absolute atomic E-state index is 0.00428. The van der Waals surface area contributed by atoms with Gasteiger partial charge in [-0.25, -0.2) is 9.59 Å². The summed E-state index contributed by atoms with van der Waals surface area (Å²) in [4.78, 5) is 28.6. The number of rotatable bonds is 4. The van der Waals surface area contributed by atoms with Crippen molar-refractivity contribution < 1.29 is 23.8 Å². The van der Waals surface area contributed by atoms with Crippen LogP contribution in [0.25, 0.3) is 0 Å². The molecule has 2 aliphatic rings. The highest BCUT2D eigenvalue weighted by molar-refractivity contribution is 5.75. The Morgan fingerprint density at radius 3 is 2.31 bits per heavy atom. The number of nitrogens with one attached hydrogen (secondary N) is 1. The molecule has 29 heavy (non-hydrogen) atoms. The molecule has 0 bridgehead atoms. The van der Waals surface area contributed by atoms with Crippen LogP contribution in [0.5, 0.6) is 0 Å². The first-order valence-electron chi connectivity index (χ1n) is 10.1. The third-order valence-corrected chi connectivity index (χ3v) is 4.97. The molecule has 3 atom stereocenters. The highest BCUT2D eigenvalue weighted by atomic mass is 16.6. The Kier molecular flexibility index (Phi) is 7.71. The number of hydrogen-bond donors (Lipinski definition) is 1. The number of nitrogens with zero attached hydrogens (tertiary/aromatic N) is 2. The maximum Gasteiger partial charge on any atom is 0.410 e. The van der Waals surface area contributed by atoms with E-state index in [0.717, 1.165) is 0 Å². The molecule has 0 spiro atoms. The smallest absolute Gasteiger partial charge is 0.410 e. The third-order valence-electron chi connectivity index (χ3n) is 4.97. The quantitative estimate of drug-likeness (QED) is 0.722. The van der Waals surface area contributed by atoms with Crippen molar-refractivity contribution in [3.63, 3.8) is 0 Å². The first-order chi connectivity index (χ1) is 13.5. The van der Waals surface area contributed by atoms with E-state index in [-0.39, 0.29) is 30.7 Å². The zero-order chi connectivity index (χ0) is 21.8. The predicted octanol–water partition coefficient (Wildman–Crippen LogP) is 2.55. The molecule has 1 N–H and O–H groups in total. The Labute approximate surface area is 173 Å². The van der Waals surface area contributed by atoms with Crippen molar-refractivity contribution >= 4 is 12.1 Å². The second-order valence-corrected chi connectivity index (χ2v) is 8.69. The van der Waals surface area contributed by atoms with Gasteiger partial charge in [0.25, 0.3) is 0 Å². The zero-order valence-electron chi connectivity index (χ0n) is 18.3. The van der Waals surface area contributed by atoms with E-state index in [4.69, 9.17) is 14.2 Å². The number of ether oxygens (including phenoxy) is 3. The molecule has 0 saturated carbocycles. The summed E-state index contributed by atoms with van der Waals surface area (Å²) in [6, 6.07) is -0.523. The lowest BCUT2D eigenvalue weighted by Crippen LogP contribution is -2.56. The lowest BCUT2D eigenvalue weighted by molar-refractivity contribution is -0.0236. The largest absolute Gasteiger partial charge is 0.444 e. The van der Waals surface area contributed by atoms with Crippen LogP contribution in [0, 0.1) is 0 Å². The van der Waals surface area contributed by atoms with Gasteiger partial charge in [-0.3, -0.25) is 4.90 Å². The molecule has 2 fully saturated rings. The fourth-order valence-electron chi connectivity index (χ4n) is 3.46. The Bertz CT molecular complexity index is 633. The van der Waals surface area contributed by atoms with Crippen molar-refractivity contribution in [1.29, 1.82) is 0 Å². The monoisotopic (exact) mass is 409 g/mol. The van der Waals surface area contributed by atoms with E-state index >= 15 is 0 Å². The Morgan fingerprint density at radius 1 is 1.10 bits per heavy atom. The summed E-state index contributed by atoms with van der Waals surface area (Å²) in [5.74, 6) is 0. The zero-order valence-corrected chi connectivity index (χ0v) is 18.3. The van der Waals surface area contributed by atoms with E-state index < -0.39 is 11.7 Å². The SMILES string of the molecule is C=C(CNC(=O)N1C(C)COCC1C)C(=C)[C@@H]1COCCN1C(=O)OC(C)(C)C. The summed E-state index contributed by atoms with van der Waals surface area (Å²) < 4.78 is 16.5. The lowest BCUT2D eigenvalue weighted by atomic mass is 10.00. The van der Waals surface area contributed by atoms with Gasteiger partial charge in [-0.2, -0.15) is 0 Å². The molecular formula is C21H35N3O5.